The topological polar surface area (TPSA) is 92.3 Å². The molecule has 2 aromatic rings. The lowest BCUT2D eigenvalue weighted by Crippen LogP contribution is -2.43. The SMILES string of the molecule is CC(C)Cc1nnc(NC(=O)C2CCCN2S(=O)(=O)c2ccccc2)s1. The molecule has 0 saturated carbocycles. The molecule has 1 aromatic heterocycles. The van der Waals surface area contributed by atoms with E-state index in [1.165, 1.54) is 15.6 Å². The third-order valence-corrected chi connectivity index (χ3v) is 6.92. The predicted molar refractivity (Wildman–Crippen MR) is 100 cm³/mol. The molecule has 9 heteroatoms. The molecule has 1 aliphatic rings. The number of nitrogens with one attached hydrogen (secondary N) is 1. The summed E-state index contributed by atoms with van der Waals surface area (Å²) in [5.41, 5.74) is 0. The Morgan fingerprint density at radius 3 is 2.73 bits per heavy atom. The molecule has 1 N–H and O–H groups in total. The van der Waals surface area contributed by atoms with Crippen LogP contribution in [0.1, 0.15) is 31.7 Å². The average Bonchev–Trinajstić information content (AvgIpc) is 3.25. The average molecular weight is 395 g/mol. The molecule has 1 amide bonds. The summed E-state index contributed by atoms with van der Waals surface area (Å²) in [6.45, 7) is 4.51. The molecule has 0 bridgehead atoms. The summed E-state index contributed by atoms with van der Waals surface area (Å²) in [6, 6.07) is 7.48. The second kappa shape index (κ2) is 7.81. The summed E-state index contributed by atoms with van der Waals surface area (Å²) in [4.78, 5) is 12.9. The van der Waals surface area contributed by atoms with Crippen LogP contribution in [-0.4, -0.2) is 41.4 Å². The van der Waals surface area contributed by atoms with Crippen molar-refractivity contribution in [1.29, 1.82) is 0 Å². The van der Waals surface area contributed by atoms with Crippen molar-refractivity contribution in [2.24, 2.45) is 5.92 Å². The van der Waals surface area contributed by atoms with Gasteiger partial charge in [0.25, 0.3) is 0 Å². The molecule has 0 spiro atoms. The molecular weight excluding hydrogens is 372 g/mol. The van der Waals surface area contributed by atoms with Gasteiger partial charge >= 0.3 is 0 Å². The number of nitrogens with zero attached hydrogens (tertiary/aromatic N) is 3. The number of hydrogen-bond acceptors (Lipinski definition) is 6. The summed E-state index contributed by atoms with van der Waals surface area (Å²) in [6.07, 6.45) is 1.94. The summed E-state index contributed by atoms with van der Waals surface area (Å²) in [5, 5.41) is 12.1. The Labute approximate surface area is 157 Å². The highest BCUT2D eigenvalue weighted by Crippen LogP contribution is 2.27. The largest absolute Gasteiger partial charge is 0.299 e. The van der Waals surface area contributed by atoms with Gasteiger partial charge in [-0.3, -0.25) is 10.1 Å². The number of amides is 1. The van der Waals surface area contributed by atoms with Crippen LogP contribution >= 0.6 is 11.3 Å². The summed E-state index contributed by atoms with van der Waals surface area (Å²) in [5.74, 6) is 0.0992. The van der Waals surface area contributed by atoms with E-state index in [4.69, 9.17) is 0 Å². The predicted octanol–water partition coefficient (Wildman–Crippen LogP) is 2.53. The number of benzene rings is 1. The van der Waals surface area contributed by atoms with Gasteiger partial charge in [-0.05, 0) is 30.9 Å². The van der Waals surface area contributed by atoms with Gasteiger partial charge < -0.3 is 0 Å². The van der Waals surface area contributed by atoms with Gasteiger partial charge in [0.15, 0.2) is 0 Å². The van der Waals surface area contributed by atoms with E-state index in [-0.39, 0.29) is 10.8 Å². The zero-order valence-electron chi connectivity index (χ0n) is 14.8. The van der Waals surface area contributed by atoms with E-state index in [0.29, 0.717) is 30.4 Å². The molecule has 140 valence electrons. The van der Waals surface area contributed by atoms with Crippen molar-refractivity contribution < 1.29 is 13.2 Å². The highest BCUT2D eigenvalue weighted by Gasteiger charge is 2.39. The fraction of sp³-hybridized carbons (Fsp3) is 0.471. The molecule has 1 aliphatic heterocycles. The monoisotopic (exact) mass is 394 g/mol. The van der Waals surface area contributed by atoms with Crippen molar-refractivity contribution in [2.45, 2.75) is 44.0 Å². The number of carbonyl (C=O) groups excluding carboxylic acids is 1. The van der Waals surface area contributed by atoms with Crippen molar-refractivity contribution in [2.75, 3.05) is 11.9 Å². The lowest BCUT2D eigenvalue weighted by Gasteiger charge is -2.22. The first-order valence-corrected chi connectivity index (χ1v) is 10.8. The third-order valence-electron chi connectivity index (χ3n) is 4.14. The maximum Gasteiger partial charge on any atom is 0.244 e. The van der Waals surface area contributed by atoms with Gasteiger partial charge in [-0.25, -0.2) is 8.42 Å². The molecule has 1 fully saturated rings. The highest BCUT2D eigenvalue weighted by molar-refractivity contribution is 7.89. The van der Waals surface area contributed by atoms with Crippen LogP contribution in [0.15, 0.2) is 35.2 Å². The second-order valence-electron chi connectivity index (χ2n) is 6.68. The molecule has 0 radical (unpaired) electrons. The van der Waals surface area contributed by atoms with Crippen molar-refractivity contribution in [3.8, 4) is 0 Å². The molecule has 1 saturated heterocycles. The first-order valence-electron chi connectivity index (χ1n) is 8.58. The van der Waals surface area contributed by atoms with Crippen LogP contribution in [0.2, 0.25) is 0 Å². The zero-order valence-corrected chi connectivity index (χ0v) is 16.4. The van der Waals surface area contributed by atoms with E-state index in [2.05, 4.69) is 29.4 Å². The summed E-state index contributed by atoms with van der Waals surface area (Å²) in [7, 11) is -3.70. The standard InChI is InChI=1S/C17H22N4O3S2/c1-12(2)11-15-19-20-17(25-15)18-16(22)14-9-6-10-21(14)26(23,24)13-7-4-3-5-8-13/h3-5,7-8,12,14H,6,9-11H2,1-2H3,(H,18,20,22). The van der Waals surface area contributed by atoms with Crippen LogP contribution in [0.5, 0.6) is 0 Å². The maximum atomic E-state index is 12.8. The number of rotatable bonds is 6. The lowest BCUT2D eigenvalue weighted by atomic mass is 10.1. The Morgan fingerprint density at radius 2 is 2.04 bits per heavy atom. The maximum absolute atomic E-state index is 12.8. The van der Waals surface area contributed by atoms with E-state index in [9.17, 15) is 13.2 Å². The van der Waals surface area contributed by atoms with Gasteiger partial charge in [0.1, 0.15) is 11.0 Å². The Kier molecular flexibility index (Phi) is 5.69. The van der Waals surface area contributed by atoms with Crippen LogP contribution in [0.4, 0.5) is 5.13 Å². The van der Waals surface area contributed by atoms with Crippen LogP contribution in [0.25, 0.3) is 0 Å². The molecule has 7 nitrogen and oxygen atoms in total. The minimum atomic E-state index is -3.70. The Balaban J connectivity index is 1.73. The van der Waals surface area contributed by atoms with E-state index in [1.807, 2.05) is 0 Å². The van der Waals surface area contributed by atoms with Crippen molar-refractivity contribution in [1.82, 2.24) is 14.5 Å². The van der Waals surface area contributed by atoms with Gasteiger partial charge in [0.05, 0.1) is 4.90 Å². The van der Waals surface area contributed by atoms with Crippen LogP contribution in [0, 0.1) is 5.92 Å². The van der Waals surface area contributed by atoms with Crippen LogP contribution < -0.4 is 5.32 Å². The Hall–Kier alpha value is -1.84. The smallest absolute Gasteiger partial charge is 0.244 e. The van der Waals surface area contributed by atoms with Gasteiger partial charge in [-0.1, -0.05) is 43.4 Å². The van der Waals surface area contributed by atoms with Crippen molar-refractivity contribution >= 4 is 32.4 Å². The first-order chi connectivity index (χ1) is 12.4. The van der Waals surface area contributed by atoms with E-state index in [0.717, 1.165) is 11.4 Å². The van der Waals surface area contributed by atoms with Crippen molar-refractivity contribution in [3.05, 3.63) is 35.3 Å². The highest BCUT2D eigenvalue weighted by atomic mass is 32.2. The molecule has 0 aliphatic carbocycles. The van der Waals surface area contributed by atoms with Gasteiger partial charge in [-0.2, -0.15) is 4.31 Å². The van der Waals surface area contributed by atoms with E-state index in [1.54, 1.807) is 30.3 Å². The molecule has 2 heterocycles. The minimum Gasteiger partial charge on any atom is -0.299 e. The molecule has 1 unspecified atom stereocenters. The number of hydrogen-bond donors (Lipinski definition) is 1. The Morgan fingerprint density at radius 1 is 1.31 bits per heavy atom. The van der Waals surface area contributed by atoms with E-state index >= 15 is 0 Å². The minimum absolute atomic E-state index is 0.204. The fourth-order valence-corrected chi connectivity index (χ4v) is 5.57. The normalized spacial score (nSPS) is 18.3. The van der Waals surface area contributed by atoms with Gasteiger partial charge in [0.2, 0.25) is 21.1 Å². The number of aromatic nitrogens is 2. The molecule has 1 aromatic carbocycles. The quantitative estimate of drug-likeness (QED) is 0.813. The molecule has 26 heavy (non-hydrogen) atoms. The van der Waals surface area contributed by atoms with E-state index < -0.39 is 16.1 Å². The summed E-state index contributed by atoms with van der Waals surface area (Å²) < 4.78 is 27.0. The first kappa shape index (κ1) is 18.9. The number of sulfonamides is 1. The number of anilines is 1. The van der Waals surface area contributed by atoms with Crippen molar-refractivity contribution in [3.63, 3.8) is 0 Å². The fourth-order valence-electron chi connectivity index (χ4n) is 2.94. The van der Waals surface area contributed by atoms with Crippen LogP contribution in [0.3, 0.4) is 0 Å². The zero-order chi connectivity index (χ0) is 18.7. The lowest BCUT2D eigenvalue weighted by molar-refractivity contribution is -0.119. The van der Waals surface area contributed by atoms with Gasteiger partial charge in [-0.15, -0.1) is 10.2 Å². The second-order valence-corrected chi connectivity index (χ2v) is 9.63. The molecule has 3 rings (SSSR count). The van der Waals surface area contributed by atoms with Gasteiger partial charge in [0, 0.05) is 13.0 Å². The molecule has 1 atom stereocenters. The number of carbonyl (C=O) groups is 1. The third kappa shape index (κ3) is 4.11. The Bertz CT molecular complexity index is 865. The van der Waals surface area contributed by atoms with Crippen LogP contribution in [-0.2, 0) is 21.2 Å². The molecular formula is C17H22N4O3S2. The summed E-state index contributed by atoms with van der Waals surface area (Å²) >= 11 is 1.33.